The van der Waals surface area contributed by atoms with Crippen LogP contribution < -0.4 is 5.73 Å². The van der Waals surface area contributed by atoms with Gasteiger partial charge in [0.2, 0.25) is 5.91 Å². The van der Waals surface area contributed by atoms with Crippen LogP contribution in [0.3, 0.4) is 0 Å². The van der Waals surface area contributed by atoms with E-state index in [4.69, 9.17) is 10.5 Å². The summed E-state index contributed by atoms with van der Waals surface area (Å²) < 4.78 is 5.35. The Bertz CT molecular complexity index is 364. The first-order valence-electron chi connectivity index (χ1n) is 8.96. The summed E-state index contributed by atoms with van der Waals surface area (Å²) in [6.07, 6.45) is 3.67. The van der Waals surface area contributed by atoms with Crippen LogP contribution in [-0.4, -0.2) is 79.4 Å². The molecule has 6 heteroatoms. The molecule has 2 rings (SSSR count). The van der Waals surface area contributed by atoms with Gasteiger partial charge in [0.05, 0.1) is 12.1 Å². The van der Waals surface area contributed by atoms with E-state index in [0.29, 0.717) is 5.92 Å². The lowest BCUT2D eigenvalue weighted by atomic mass is 9.91. The summed E-state index contributed by atoms with van der Waals surface area (Å²) in [6.45, 7) is 6.81. The molecule has 2 heterocycles. The van der Waals surface area contributed by atoms with Crippen molar-refractivity contribution >= 4 is 5.91 Å². The van der Waals surface area contributed by atoms with Gasteiger partial charge in [0.15, 0.2) is 0 Å². The number of piperidine rings is 1. The van der Waals surface area contributed by atoms with Crippen LogP contribution in [0.25, 0.3) is 0 Å². The predicted octanol–water partition coefficient (Wildman–Crippen LogP) is 0.292. The lowest BCUT2D eigenvalue weighted by Gasteiger charge is -2.35. The third-order valence-corrected chi connectivity index (χ3v) is 5.20. The molecule has 0 aromatic rings. The lowest BCUT2D eigenvalue weighted by Crippen LogP contribution is -2.49. The molecule has 0 aromatic heterocycles. The minimum Gasteiger partial charge on any atom is -0.392 e. The number of nitrogens with two attached hydrogens (primary N) is 1. The summed E-state index contributed by atoms with van der Waals surface area (Å²) in [7, 11) is 1.88. The van der Waals surface area contributed by atoms with Gasteiger partial charge in [-0.25, -0.2) is 0 Å². The Morgan fingerprint density at radius 2 is 1.91 bits per heavy atom. The van der Waals surface area contributed by atoms with E-state index in [-0.39, 0.29) is 24.0 Å². The maximum atomic E-state index is 12.5. The van der Waals surface area contributed by atoms with Crippen LogP contribution in [0.2, 0.25) is 0 Å². The fourth-order valence-electron chi connectivity index (χ4n) is 3.73. The van der Waals surface area contributed by atoms with Gasteiger partial charge >= 0.3 is 0 Å². The molecule has 0 bridgehead atoms. The van der Waals surface area contributed by atoms with Gasteiger partial charge in [-0.1, -0.05) is 0 Å². The molecule has 134 valence electrons. The van der Waals surface area contributed by atoms with Crippen LogP contribution in [0.4, 0.5) is 0 Å². The van der Waals surface area contributed by atoms with Crippen molar-refractivity contribution in [2.75, 3.05) is 46.4 Å². The summed E-state index contributed by atoms with van der Waals surface area (Å²) in [6, 6.07) is -0.390. The van der Waals surface area contributed by atoms with Crippen LogP contribution >= 0.6 is 0 Å². The first-order chi connectivity index (χ1) is 11.0. The molecule has 2 aliphatic heterocycles. The van der Waals surface area contributed by atoms with Gasteiger partial charge in [-0.05, 0) is 57.5 Å². The summed E-state index contributed by atoms with van der Waals surface area (Å²) in [5, 5.41) is 9.46. The van der Waals surface area contributed by atoms with Crippen molar-refractivity contribution in [3.8, 4) is 0 Å². The lowest BCUT2D eigenvalue weighted by molar-refractivity contribution is -0.134. The van der Waals surface area contributed by atoms with Crippen LogP contribution in [0, 0.1) is 11.8 Å². The Labute approximate surface area is 139 Å². The minimum absolute atomic E-state index is 0.0725. The highest BCUT2D eigenvalue weighted by atomic mass is 16.5. The van der Waals surface area contributed by atoms with Crippen molar-refractivity contribution in [3.05, 3.63) is 0 Å². The Morgan fingerprint density at radius 3 is 2.48 bits per heavy atom. The fourth-order valence-corrected chi connectivity index (χ4v) is 3.73. The second-order valence-corrected chi connectivity index (χ2v) is 7.29. The largest absolute Gasteiger partial charge is 0.392 e. The van der Waals surface area contributed by atoms with E-state index in [2.05, 4.69) is 4.90 Å². The van der Waals surface area contributed by atoms with Gasteiger partial charge in [-0.15, -0.1) is 0 Å². The summed E-state index contributed by atoms with van der Waals surface area (Å²) in [5.41, 5.74) is 6.19. The number of likely N-dealkylation sites (N-methyl/N-ethyl adjacent to an activating group) is 1. The first kappa shape index (κ1) is 18.6. The second kappa shape index (κ2) is 8.97. The van der Waals surface area contributed by atoms with Crippen molar-refractivity contribution in [2.45, 2.75) is 44.8 Å². The third kappa shape index (κ3) is 5.71. The van der Waals surface area contributed by atoms with E-state index in [1.807, 2.05) is 18.9 Å². The van der Waals surface area contributed by atoms with Crippen molar-refractivity contribution in [1.82, 2.24) is 9.80 Å². The van der Waals surface area contributed by atoms with Crippen molar-refractivity contribution in [1.29, 1.82) is 0 Å². The summed E-state index contributed by atoms with van der Waals surface area (Å²) in [5.74, 6) is 0.867. The quantitative estimate of drug-likeness (QED) is 0.733. The number of likely N-dealkylation sites (tertiary alicyclic amines) is 1. The predicted molar refractivity (Wildman–Crippen MR) is 90.0 cm³/mol. The highest BCUT2D eigenvalue weighted by Crippen LogP contribution is 2.21. The number of aliphatic hydroxyl groups excluding tert-OH is 1. The van der Waals surface area contributed by atoms with Crippen LogP contribution in [0.5, 0.6) is 0 Å². The molecule has 2 saturated heterocycles. The molecule has 2 aliphatic rings. The number of aliphatic hydroxyl groups is 1. The number of β-amino-alcohol motifs (C(OH)–C–C–N with tert-alkyl or cyclic N) is 1. The number of nitrogens with zero attached hydrogens (tertiary/aromatic N) is 2. The molecule has 23 heavy (non-hydrogen) atoms. The van der Waals surface area contributed by atoms with E-state index in [1.165, 1.54) is 0 Å². The van der Waals surface area contributed by atoms with E-state index >= 15 is 0 Å². The van der Waals surface area contributed by atoms with E-state index in [0.717, 1.165) is 65.1 Å². The van der Waals surface area contributed by atoms with Gasteiger partial charge in [-0.2, -0.15) is 0 Å². The Balaban J connectivity index is 1.73. The zero-order chi connectivity index (χ0) is 16.8. The smallest absolute Gasteiger partial charge is 0.239 e. The highest BCUT2D eigenvalue weighted by Gasteiger charge is 2.30. The Morgan fingerprint density at radius 1 is 1.30 bits per heavy atom. The van der Waals surface area contributed by atoms with Crippen molar-refractivity contribution in [3.63, 3.8) is 0 Å². The number of amides is 1. The molecule has 0 aliphatic carbocycles. The SMILES string of the molecule is CC(O)CN1CCC(CN(C)C(=O)C(N)C2CCOCC2)CC1. The van der Waals surface area contributed by atoms with E-state index in [1.54, 1.807) is 0 Å². The molecule has 3 N–H and O–H groups in total. The molecule has 0 aromatic carbocycles. The van der Waals surface area contributed by atoms with E-state index in [9.17, 15) is 9.90 Å². The summed E-state index contributed by atoms with van der Waals surface area (Å²) in [4.78, 5) is 16.7. The number of carbonyl (C=O) groups excluding carboxylic acids is 1. The molecular formula is C17H33N3O3. The molecule has 6 nitrogen and oxygen atoms in total. The zero-order valence-electron chi connectivity index (χ0n) is 14.6. The number of carbonyl (C=O) groups is 1. The molecule has 2 atom stereocenters. The average Bonchev–Trinajstić information content (AvgIpc) is 2.55. The van der Waals surface area contributed by atoms with Crippen LogP contribution in [0.1, 0.15) is 32.6 Å². The number of rotatable bonds is 6. The molecular weight excluding hydrogens is 294 g/mol. The number of ether oxygens (including phenoxy) is 1. The molecule has 2 unspecified atom stereocenters. The minimum atomic E-state index is -0.390. The first-order valence-corrected chi connectivity index (χ1v) is 8.96. The molecule has 0 spiro atoms. The van der Waals surface area contributed by atoms with Gasteiger partial charge in [-0.3, -0.25) is 4.79 Å². The number of hydrogen-bond acceptors (Lipinski definition) is 5. The van der Waals surface area contributed by atoms with Crippen molar-refractivity contribution < 1.29 is 14.6 Å². The zero-order valence-corrected chi connectivity index (χ0v) is 14.6. The van der Waals surface area contributed by atoms with Gasteiger partial charge in [0.1, 0.15) is 0 Å². The van der Waals surface area contributed by atoms with Gasteiger partial charge in [0, 0.05) is 33.4 Å². The topological polar surface area (TPSA) is 79.0 Å². The normalized spacial score (nSPS) is 24.3. The Kier molecular flexibility index (Phi) is 7.27. The van der Waals surface area contributed by atoms with Crippen LogP contribution in [0.15, 0.2) is 0 Å². The molecule has 1 amide bonds. The van der Waals surface area contributed by atoms with Gasteiger partial charge in [0.25, 0.3) is 0 Å². The maximum absolute atomic E-state index is 12.5. The molecule has 2 fully saturated rings. The molecule has 0 saturated carbocycles. The van der Waals surface area contributed by atoms with Crippen LogP contribution in [-0.2, 0) is 9.53 Å². The fraction of sp³-hybridized carbons (Fsp3) is 0.941. The summed E-state index contributed by atoms with van der Waals surface area (Å²) >= 11 is 0. The standard InChI is InChI=1S/C17H33N3O3/c1-13(21)11-20-7-3-14(4-8-20)12-19(2)17(22)16(18)15-5-9-23-10-6-15/h13-16,21H,3-12,18H2,1-2H3. The van der Waals surface area contributed by atoms with Gasteiger partial charge < -0.3 is 25.4 Å². The molecule has 0 radical (unpaired) electrons. The Hall–Kier alpha value is -0.690. The average molecular weight is 327 g/mol. The second-order valence-electron chi connectivity index (χ2n) is 7.29. The van der Waals surface area contributed by atoms with E-state index < -0.39 is 0 Å². The number of hydrogen-bond donors (Lipinski definition) is 2. The van der Waals surface area contributed by atoms with Crippen molar-refractivity contribution in [2.24, 2.45) is 17.6 Å². The monoisotopic (exact) mass is 327 g/mol. The maximum Gasteiger partial charge on any atom is 0.239 e. The third-order valence-electron chi connectivity index (χ3n) is 5.20. The highest BCUT2D eigenvalue weighted by molar-refractivity contribution is 5.81.